The van der Waals surface area contributed by atoms with E-state index in [1.807, 2.05) is 43.0 Å². The molecule has 1 aromatic rings. The summed E-state index contributed by atoms with van der Waals surface area (Å²) in [6.07, 6.45) is -2.41. The minimum absolute atomic E-state index is 0.0797. The van der Waals surface area contributed by atoms with Gasteiger partial charge in [-0.25, -0.2) is 4.39 Å². The molecular formula is C19H22ClF3N2O2. The van der Waals surface area contributed by atoms with Gasteiger partial charge < -0.3 is 20.1 Å². The highest BCUT2D eigenvalue weighted by molar-refractivity contribution is 6.32. The number of aliphatic hydroxyl groups is 1. The third-order valence-corrected chi connectivity index (χ3v) is 5.18. The molecule has 1 heterocycles. The fourth-order valence-electron chi connectivity index (χ4n) is 3.46. The van der Waals surface area contributed by atoms with Gasteiger partial charge in [-0.2, -0.15) is 8.78 Å². The number of nitrogens with one attached hydrogen (secondary N) is 1. The van der Waals surface area contributed by atoms with Crippen molar-refractivity contribution in [1.82, 2.24) is 0 Å². The molecule has 0 aromatic heterocycles. The van der Waals surface area contributed by atoms with Crippen LogP contribution in [0.4, 0.5) is 24.5 Å². The van der Waals surface area contributed by atoms with E-state index < -0.39 is 34.9 Å². The number of alkyl halides is 2. The van der Waals surface area contributed by atoms with Crippen LogP contribution in [0.1, 0.15) is 27.2 Å². The van der Waals surface area contributed by atoms with E-state index in [4.69, 9.17) is 16.7 Å². The first-order chi connectivity index (χ1) is 12.5. The lowest BCUT2D eigenvalue weighted by Gasteiger charge is -2.51. The van der Waals surface area contributed by atoms with Crippen molar-refractivity contribution in [1.29, 1.82) is 0 Å². The van der Waals surface area contributed by atoms with E-state index in [2.05, 4.69) is 10.1 Å². The SMILES string of the molecule is CC1(C)CN(C2(C)CC=C(OC(F)(F)CO)C(Cl)=C2F)c2ccccc2N1. The Morgan fingerprint density at radius 1 is 1.30 bits per heavy atom. The zero-order valence-electron chi connectivity index (χ0n) is 15.3. The van der Waals surface area contributed by atoms with Gasteiger partial charge in [0.25, 0.3) is 0 Å². The molecule has 1 aromatic carbocycles. The van der Waals surface area contributed by atoms with E-state index in [1.165, 1.54) is 6.08 Å². The maximum absolute atomic E-state index is 15.3. The monoisotopic (exact) mass is 402 g/mol. The van der Waals surface area contributed by atoms with E-state index in [9.17, 15) is 8.78 Å². The molecule has 1 aliphatic carbocycles. The first kappa shape index (κ1) is 19.9. The Kier molecular flexibility index (Phi) is 4.89. The number of halogens is 4. The number of para-hydroxylation sites is 2. The van der Waals surface area contributed by atoms with Crippen molar-refractivity contribution in [2.45, 2.75) is 44.4 Å². The van der Waals surface area contributed by atoms with E-state index >= 15 is 4.39 Å². The molecule has 3 rings (SSSR count). The molecule has 0 bridgehead atoms. The zero-order chi connectivity index (χ0) is 20.0. The lowest BCUT2D eigenvalue weighted by atomic mass is 9.85. The van der Waals surface area contributed by atoms with Gasteiger partial charge in [0.05, 0.1) is 16.9 Å². The fourth-order valence-corrected chi connectivity index (χ4v) is 3.78. The van der Waals surface area contributed by atoms with Gasteiger partial charge >= 0.3 is 6.11 Å². The molecule has 0 amide bonds. The number of nitrogens with zero attached hydrogens (tertiary/aromatic N) is 1. The lowest BCUT2D eigenvalue weighted by molar-refractivity contribution is -0.233. The van der Waals surface area contributed by atoms with Crippen LogP contribution < -0.4 is 10.2 Å². The Hall–Kier alpha value is -1.86. The van der Waals surface area contributed by atoms with Crippen LogP contribution in [-0.2, 0) is 4.74 Å². The number of allylic oxidation sites excluding steroid dienone is 1. The third-order valence-electron chi connectivity index (χ3n) is 4.83. The predicted molar refractivity (Wildman–Crippen MR) is 99.7 cm³/mol. The number of rotatable bonds is 4. The van der Waals surface area contributed by atoms with Gasteiger partial charge in [0.1, 0.15) is 23.2 Å². The normalized spacial score (nSPS) is 24.9. The van der Waals surface area contributed by atoms with Crippen LogP contribution in [0, 0.1) is 0 Å². The minimum Gasteiger partial charge on any atom is -0.430 e. The van der Waals surface area contributed by atoms with Crippen molar-refractivity contribution in [3.63, 3.8) is 0 Å². The molecule has 1 unspecified atom stereocenters. The van der Waals surface area contributed by atoms with Gasteiger partial charge in [-0.05, 0) is 45.4 Å². The van der Waals surface area contributed by atoms with Gasteiger partial charge in [-0.1, -0.05) is 23.7 Å². The van der Waals surface area contributed by atoms with Crippen molar-refractivity contribution in [3.8, 4) is 0 Å². The van der Waals surface area contributed by atoms with Gasteiger partial charge in [-0.15, -0.1) is 0 Å². The van der Waals surface area contributed by atoms with Crippen LogP contribution in [0.3, 0.4) is 0 Å². The largest absolute Gasteiger partial charge is 0.430 e. The Bertz CT molecular complexity index is 810. The number of aliphatic hydroxyl groups excluding tert-OH is 1. The number of benzene rings is 1. The highest BCUT2D eigenvalue weighted by Gasteiger charge is 2.46. The van der Waals surface area contributed by atoms with Crippen molar-refractivity contribution >= 4 is 23.0 Å². The van der Waals surface area contributed by atoms with Gasteiger partial charge in [0.2, 0.25) is 0 Å². The van der Waals surface area contributed by atoms with Crippen molar-refractivity contribution in [2.24, 2.45) is 0 Å². The van der Waals surface area contributed by atoms with Gasteiger partial charge in [-0.3, -0.25) is 0 Å². The molecule has 0 fully saturated rings. The third kappa shape index (κ3) is 3.62. The van der Waals surface area contributed by atoms with Crippen LogP contribution in [0.5, 0.6) is 0 Å². The van der Waals surface area contributed by atoms with E-state index in [-0.39, 0.29) is 12.0 Å². The lowest BCUT2D eigenvalue weighted by Crippen LogP contribution is -2.58. The van der Waals surface area contributed by atoms with E-state index in [0.29, 0.717) is 6.54 Å². The van der Waals surface area contributed by atoms with Crippen molar-refractivity contribution in [2.75, 3.05) is 23.4 Å². The van der Waals surface area contributed by atoms with Crippen LogP contribution in [0.25, 0.3) is 0 Å². The van der Waals surface area contributed by atoms with Crippen LogP contribution in [-0.4, -0.2) is 35.4 Å². The summed E-state index contributed by atoms with van der Waals surface area (Å²) in [5.41, 5.74) is 0.164. The molecule has 1 atom stereocenters. The summed E-state index contributed by atoms with van der Waals surface area (Å²) in [4.78, 5) is 1.90. The highest BCUT2D eigenvalue weighted by Crippen LogP contribution is 2.47. The maximum atomic E-state index is 15.3. The van der Waals surface area contributed by atoms with Crippen LogP contribution in [0.2, 0.25) is 0 Å². The van der Waals surface area contributed by atoms with Crippen LogP contribution >= 0.6 is 11.6 Å². The number of hydrogen-bond donors (Lipinski definition) is 2. The number of anilines is 2. The van der Waals surface area contributed by atoms with E-state index in [1.54, 1.807) is 6.92 Å². The average molecular weight is 403 g/mol. The van der Waals surface area contributed by atoms with Crippen LogP contribution in [0.15, 0.2) is 47.0 Å². The summed E-state index contributed by atoms with van der Waals surface area (Å²) in [6, 6.07) is 7.52. The molecule has 148 valence electrons. The van der Waals surface area contributed by atoms with Crippen molar-refractivity contribution < 1.29 is 23.0 Å². The molecule has 1 aliphatic heterocycles. The fraction of sp³-hybridized carbons (Fsp3) is 0.474. The van der Waals surface area contributed by atoms with E-state index in [0.717, 1.165) is 11.4 Å². The molecular weight excluding hydrogens is 381 g/mol. The predicted octanol–water partition coefficient (Wildman–Crippen LogP) is 4.77. The summed E-state index contributed by atoms with van der Waals surface area (Å²) in [7, 11) is 0. The molecule has 2 N–H and O–H groups in total. The first-order valence-corrected chi connectivity index (χ1v) is 8.96. The molecule has 0 spiro atoms. The summed E-state index contributed by atoms with van der Waals surface area (Å²) in [5.74, 6) is -1.21. The molecule has 0 saturated heterocycles. The zero-order valence-corrected chi connectivity index (χ0v) is 16.1. The first-order valence-electron chi connectivity index (χ1n) is 8.58. The van der Waals surface area contributed by atoms with Gasteiger partial charge in [0, 0.05) is 12.1 Å². The Labute approximate surface area is 161 Å². The number of hydrogen-bond acceptors (Lipinski definition) is 4. The average Bonchev–Trinajstić information content (AvgIpc) is 2.61. The maximum Gasteiger partial charge on any atom is 0.421 e. The molecule has 2 aliphatic rings. The Balaban J connectivity index is 2.00. The molecule has 8 heteroatoms. The molecule has 27 heavy (non-hydrogen) atoms. The minimum atomic E-state index is -3.83. The summed E-state index contributed by atoms with van der Waals surface area (Å²) >= 11 is 6.05. The number of fused-ring (bicyclic) bond motifs is 1. The summed E-state index contributed by atoms with van der Waals surface area (Å²) in [6.45, 7) is 4.64. The van der Waals surface area contributed by atoms with Gasteiger partial charge in [0.15, 0.2) is 0 Å². The molecule has 0 saturated carbocycles. The summed E-state index contributed by atoms with van der Waals surface area (Å²) in [5, 5.41) is 11.6. The second kappa shape index (κ2) is 6.63. The van der Waals surface area contributed by atoms with Crippen molar-refractivity contribution in [3.05, 3.63) is 47.0 Å². The summed E-state index contributed by atoms with van der Waals surface area (Å²) < 4.78 is 46.5. The second-order valence-corrected chi connectivity index (χ2v) is 8.06. The molecule has 0 radical (unpaired) electrons. The Morgan fingerprint density at radius 3 is 2.63 bits per heavy atom. The smallest absolute Gasteiger partial charge is 0.421 e. The molecule has 4 nitrogen and oxygen atoms in total. The number of ether oxygens (including phenoxy) is 1. The second-order valence-electron chi connectivity index (χ2n) is 7.68. The highest BCUT2D eigenvalue weighted by atomic mass is 35.5. The standard InChI is InChI=1S/C19H22ClF3N2O2/c1-17(2)10-25(13-7-5-4-6-12(13)24-17)18(3)9-8-14(15(20)16(18)21)27-19(22,23)11-26/h4-8,24,26H,9-11H2,1-3H3. The Morgan fingerprint density at radius 2 is 1.96 bits per heavy atom. The topological polar surface area (TPSA) is 44.7 Å². The quantitative estimate of drug-likeness (QED) is 0.761.